The first kappa shape index (κ1) is 16.9. The maximum absolute atomic E-state index is 12.9. The van der Waals surface area contributed by atoms with Crippen molar-refractivity contribution in [3.8, 4) is 11.5 Å². The fraction of sp³-hybridized carbons (Fsp3) is 0.211. The molecule has 8 nitrogen and oxygen atoms in total. The fourth-order valence-corrected chi connectivity index (χ4v) is 2.92. The zero-order valence-electron chi connectivity index (χ0n) is 14.8. The number of imide groups is 2. The van der Waals surface area contributed by atoms with Gasteiger partial charge < -0.3 is 14.0 Å². The highest BCUT2D eigenvalue weighted by atomic mass is 16.7. The van der Waals surface area contributed by atoms with Crippen LogP contribution >= 0.6 is 0 Å². The second-order valence-electron chi connectivity index (χ2n) is 6.48. The number of nitrogens with zero attached hydrogens (tertiary/aromatic N) is 2. The van der Waals surface area contributed by atoms with Crippen molar-refractivity contribution >= 4 is 29.6 Å². The molecule has 0 unspecified atom stereocenters. The van der Waals surface area contributed by atoms with Crippen molar-refractivity contribution in [2.24, 2.45) is 0 Å². The number of aromatic nitrogens is 1. The summed E-state index contributed by atoms with van der Waals surface area (Å²) in [5.74, 6) is -0.450. The van der Waals surface area contributed by atoms with Gasteiger partial charge in [0, 0.05) is 24.5 Å². The Morgan fingerprint density at radius 3 is 2.63 bits per heavy atom. The number of urea groups is 1. The first-order valence-electron chi connectivity index (χ1n) is 8.42. The zero-order chi connectivity index (χ0) is 19.1. The largest absolute Gasteiger partial charge is 0.454 e. The molecule has 4 amide bonds. The topological polar surface area (TPSA) is 89.9 Å². The number of nitrogens with one attached hydrogen (secondary N) is 1. The van der Waals surface area contributed by atoms with Crippen LogP contribution < -0.4 is 19.7 Å². The van der Waals surface area contributed by atoms with Crippen LogP contribution in [-0.2, 0) is 9.59 Å². The van der Waals surface area contributed by atoms with E-state index in [1.54, 1.807) is 18.2 Å². The third-order valence-corrected chi connectivity index (χ3v) is 4.36. The molecule has 2 aliphatic heterocycles. The molecule has 1 aromatic carbocycles. The fourth-order valence-electron chi connectivity index (χ4n) is 2.92. The van der Waals surface area contributed by atoms with Crippen LogP contribution in [0.2, 0.25) is 0 Å². The maximum Gasteiger partial charge on any atom is 0.335 e. The zero-order valence-corrected chi connectivity index (χ0v) is 14.8. The lowest BCUT2D eigenvalue weighted by Crippen LogP contribution is -2.54. The summed E-state index contributed by atoms with van der Waals surface area (Å²) in [5.41, 5.74) is 0.871. The Bertz CT molecular complexity index is 989. The second-order valence-corrected chi connectivity index (χ2v) is 6.48. The van der Waals surface area contributed by atoms with E-state index in [0.29, 0.717) is 22.7 Å². The summed E-state index contributed by atoms with van der Waals surface area (Å²) >= 11 is 0. The lowest BCUT2D eigenvalue weighted by atomic mass is 10.1. The molecule has 0 radical (unpaired) electrons. The minimum absolute atomic E-state index is 0.0788. The van der Waals surface area contributed by atoms with E-state index in [4.69, 9.17) is 9.47 Å². The molecule has 138 valence electrons. The quantitative estimate of drug-likeness (QED) is 0.665. The summed E-state index contributed by atoms with van der Waals surface area (Å²) in [5, 5.41) is 2.21. The number of barbiturate groups is 1. The van der Waals surface area contributed by atoms with Crippen LogP contribution in [0.5, 0.6) is 11.5 Å². The third-order valence-electron chi connectivity index (χ3n) is 4.36. The number of hydrogen-bond acceptors (Lipinski definition) is 5. The predicted octanol–water partition coefficient (Wildman–Crippen LogP) is 2.46. The van der Waals surface area contributed by atoms with Gasteiger partial charge in [-0.2, -0.15) is 0 Å². The van der Waals surface area contributed by atoms with Gasteiger partial charge in [0.1, 0.15) is 5.57 Å². The van der Waals surface area contributed by atoms with Gasteiger partial charge in [-0.25, -0.2) is 9.69 Å². The molecule has 2 aliphatic rings. The molecule has 0 bridgehead atoms. The number of ether oxygens (including phenoxy) is 2. The maximum atomic E-state index is 12.9. The van der Waals surface area contributed by atoms with Crippen molar-refractivity contribution in [3.05, 3.63) is 47.8 Å². The van der Waals surface area contributed by atoms with Crippen LogP contribution in [0.3, 0.4) is 0 Å². The van der Waals surface area contributed by atoms with E-state index in [2.05, 4.69) is 5.32 Å². The minimum atomic E-state index is -0.805. The number of carbonyl (C=O) groups is 3. The summed E-state index contributed by atoms with van der Waals surface area (Å²) in [7, 11) is 0. The molecule has 0 spiro atoms. The van der Waals surface area contributed by atoms with Crippen molar-refractivity contribution < 1.29 is 23.9 Å². The minimum Gasteiger partial charge on any atom is -0.454 e. The van der Waals surface area contributed by atoms with Gasteiger partial charge in [0.2, 0.25) is 6.79 Å². The van der Waals surface area contributed by atoms with E-state index < -0.39 is 17.8 Å². The number of carbonyl (C=O) groups excluding carboxylic acids is 3. The van der Waals surface area contributed by atoms with Crippen LogP contribution in [0.1, 0.15) is 25.5 Å². The Kier molecular flexibility index (Phi) is 3.95. The molecular weight excluding hydrogens is 350 g/mol. The molecule has 1 aromatic heterocycles. The molecule has 8 heteroatoms. The van der Waals surface area contributed by atoms with Gasteiger partial charge in [0.15, 0.2) is 11.5 Å². The van der Waals surface area contributed by atoms with Crippen LogP contribution in [0, 0.1) is 0 Å². The number of amides is 4. The molecular formula is C19H17N3O5. The number of hydrogen-bond donors (Lipinski definition) is 1. The Hall–Kier alpha value is -3.55. The van der Waals surface area contributed by atoms with E-state index in [-0.39, 0.29) is 18.4 Å². The summed E-state index contributed by atoms with van der Waals surface area (Å²) in [4.78, 5) is 38.3. The number of anilines is 1. The van der Waals surface area contributed by atoms with E-state index in [0.717, 1.165) is 4.90 Å². The van der Waals surface area contributed by atoms with E-state index in [1.165, 1.54) is 12.1 Å². The number of rotatable bonds is 3. The first-order valence-corrected chi connectivity index (χ1v) is 8.42. The molecule has 3 heterocycles. The summed E-state index contributed by atoms with van der Waals surface area (Å²) in [6, 6.07) is 5.95. The standard InChI is InChI=1S/C19H17N3O5/c1-11(2)21-6-5-12(9-21)7-14-17(23)20-19(25)22(18(14)24)13-3-4-15-16(8-13)27-10-26-15/h3-9,11H,10H2,1-2H3,(H,20,23,25)/b14-7-. The van der Waals surface area contributed by atoms with E-state index in [9.17, 15) is 14.4 Å². The predicted molar refractivity (Wildman–Crippen MR) is 96.4 cm³/mol. The Labute approximate surface area is 155 Å². The Morgan fingerprint density at radius 1 is 1.11 bits per heavy atom. The van der Waals surface area contributed by atoms with Crippen molar-refractivity contribution in [1.29, 1.82) is 0 Å². The van der Waals surface area contributed by atoms with Crippen molar-refractivity contribution in [1.82, 2.24) is 9.88 Å². The average Bonchev–Trinajstić information content (AvgIpc) is 3.27. The molecule has 0 saturated carbocycles. The molecule has 1 saturated heterocycles. The lowest BCUT2D eigenvalue weighted by molar-refractivity contribution is -0.122. The van der Waals surface area contributed by atoms with Gasteiger partial charge in [0.25, 0.3) is 11.8 Å². The van der Waals surface area contributed by atoms with Gasteiger partial charge in [-0.15, -0.1) is 0 Å². The Balaban J connectivity index is 1.69. The molecule has 2 aromatic rings. The molecule has 0 aliphatic carbocycles. The van der Waals surface area contributed by atoms with E-state index in [1.807, 2.05) is 30.8 Å². The normalized spacial score (nSPS) is 17.8. The van der Waals surface area contributed by atoms with E-state index >= 15 is 0 Å². The van der Waals surface area contributed by atoms with Crippen molar-refractivity contribution in [2.75, 3.05) is 11.7 Å². The summed E-state index contributed by atoms with van der Waals surface area (Å²) in [6.07, 6.45) is 5.17. The van der Waals surface area contributed by atoms with Crippen LogP contribution in [-0.4, -0.2) is 29.2 Å². The van der Waals surface area contributed by atoms with Gasteiger partial charge in [-0.3, -0.25) is 14.9 Å². The Morgan fingerprint density at radius 2 is 1.89 bits per heavy atom. The summed E-state index contributed by atoms with van der Waals surface area (Å²) in [6.45, 7) is 4.13. The van der Waals surface area contributed by atoms with Gasteiger partial charge in [0.05, 0.1) is 5.69 Å². The lowest BCUT2D eigenvalue weighted by Gasteiger charge is -2.26. The van der Waals surface area contributed by atoms with Gasteiger partial charge >= 0.3 is 6.03 Å². The first-order chi connectivity index (χ1) is 12.9. The SMILES string of the molecule is CC(C)n1ccc(/C=C2/C(=O)NC(=O)N(c3ccc4c(c3)OCO4)C2=O)c1. The second kappa shape index (κ2) is 6.31. The molecule has 0 atom stereocenters. The van der Waals surface area contributed by atoms with Gasteiger partial charge in [-0.05, 0) is 43.7 Å². The highest BCUT2D eigenvalue weighted by molar-refractivity contribution is 6.39. The van der Waals surface area contributed by atoms with Crippen LogP contribution in [0.4, 0.5) is 10.5 Å². The molecule has 1 fully saturated rings. The van der Waals surface area contributed by atoms with Gasteiger partial charge in [-0.1, -0.05) is 0 Å². The average molecular weight is 367 g/mol. The van der Waals surface area contributed by atoms with Crippen LogP contribution in [0.25, 0.3) is 6.08 Å². The third kappa shape index (κ3) is 2.95. The van der Waals surface area contributed by atoms with Crippen molar-refractivity contribution in [3.63, 3.8) is 0 Å². The molecule has 27 heavy (non-hydrogen) atoms. The number of benzene rings is 1. The molecule has 4 rings (SSSR count). The smallest absolute Gasteiger partial charge is 0.335 e. The summed E-state index contributed by atoms with van der Waals surface area (Å²) < 4.78 is 12.5. The monoisotopic (exact) mass is 367 g/mol. The highest BCUT2D eigenvalue weighted by Crippen LogP contribution is 2.36. The van der Waals surface area contributed by atoms with Crippen LogP contribution in [0.15, 0.2) is 42.2 Å². The van der Waals surface area contributed by atoms with Crippen molar-refractivity contribution in [2.45, 2.75) is 19.9 Å². The highest BCUT2D eigenvalue weighted by Gasteiger charge is 2.37. The number of fused-ring (bicyclic) bond motifs is 1. The molecule has 1 N–H and O–H groups in total.